The first-order valence-electron chi connectivity index (χ1n) is 8.02. The molecule has 0 aliphatic carbocycles. The summed E-state index contributed by atoms with van der Waals surface area (Å²) in [5.74, 6) is -0.699. The van der Waals surface area contributed by atoms with E-state index in [2.05, 4.69) is 5.32 Å². The summed E-state index contributed by atoms with van der Waals surface area (Å²) >= 11 is 0. The molecule has 26 heavy (non-hydrogen) atoms. The van der Waals surface area contributed by atoms with Gasteiger partial charge in [-0.15, -0.1) is 0 Å². The number of hydrogen-bond donors (Lipinski definition) is 1. The normalized spacial score (nSPS) is 11.7. The zero-order chi connectivity index (χ0) is 19.3. The second-order valence-electron chi connectivity index (χ2n) is 6.19. The summed E-state index contributed by atoms with van der Waals surface area (Å²) in [5, 5.41) is 2.64. The fourth-order valence-electron chi connectivity index (χ4n) is 2.53. The van der Waals surface area contributed by atoms with E-state index in [0.29, 0.717) is 11.1 Å². The second kappa shape index (κ2) is 8.31. The molecule has 1 amide bonds. The topological polar surface area (TPSA) is 32.3 Å². The first-order chi connectivity index (χ1) is 12.2. The van der Waals surface area contributed by atoms with Crippen molar-refractivity contribution >= 4 is 5.91 Å². The van der Waals surface area contributed by atoms with E-state index < -0.39 is 11.7 Å². The Morgan fingerprint density at radius 3 is 2.50 bits per heavy atom. The van der Waals surface area contributed by atoms with E-state index in [1.807, 2.05) is 0 Å². The van der Waals surface area contributed by atoms with Gasteiger partial charge in [-0.25, -0.2) is 4.39 Å². The van der Waals surface area contributed by atoms with Crippen molar-refractivity contribution in [1.29, 1.82) is 0 Å². The quantitative estimate of drug-likeness (QED) is 0.785. The molecule has 140 valence electrons. The molecular weight excluding hydrogens is 348 g/mol. The summed E-state index contributed by atoms with van der Waals surface area (Å²) in [6, 6.07) is 9.96. The summed E-state index contributed by atoms with van der Waals surface area (Å²) in [4.78, 5) is 13.5. The summed E-state index contributed by atoms with van der Waals surface area (Å²) in [7, 11) is 1.57. The van der Waals surface area contributed by atoms with Gasteiger partial charge in [0.2, 0.25) is 5.91 Å². The van der Waals surface area contributed by atoms with Gasteiger partial charge in [0.25, 0.3) is 0 Å². The van der Waals surface area contributed by atoms with E-state index >= 15 is 0 Å². The molecular formula is C19H20F4N2O. The summed E-state index contributed by atoms with van der Waals surface area (Å²) in [6.45, 7) is 1.72. The lowest BCUT2D eigenvalue weighted by Gasteiger charge is -2.19. The average molecular weight is 368 g/mol. The number of carbonyl (C=O) groups is 1. The minimum Gasteiger partial charge on any atom is -0.351 e. The highest BCUT2D eigenvalue weighted by Crippen LogP contribution is 2.32. The third-order valence-electron chi connectivity index (χ3n) is 3.90. The Hall–Kier alpha value is -2.41. The smallest absolute Gasteiger partial charge is 0.351 e. The third kappa shape index (κ3) is 5.56. The molecule has 2 aromatic carbocycles. The van der Waals surface area contributed by atoms with Crippen molar-refractivity contribution in [3.63, 3.8) is 0 Å². The van der Waals surface area contributed by atoms with E-state index in [4.69, 9.17) is 0 Å². The molecule has 0 spiro atoms. The Morgan fingerprint density at radius 2 is 1.85 bits per heavy atom. The summed E-state index contributed by atoms with van der Waals surface area (Å²) < 4.78 is 52.5. The van der Waals surface area contributed by atoms with Crippen molar-refractivity contribution < 1.29 is 22.4 Å². The maximum Gasteiger partial charge on any atom is 0.416 e. The lowest BCUT2D eigenvalue weighted by molar-refractivity contribution is -0.138. The van der Waals surface area contributed by atoms with E-state index in [9.17, 15) is 22.4 Å². The number of rotatable bonds is 6. The molecule has 0 radical (unpaired) electrons. The highest BCUT2D eigenvalue weighted by atomic mass is 19.4. The van der Waals surface area contributed by atoms with Gasteiger partial charge in [0.15, 0.2) is 0 Å². The van der Waals surface area contributed by atoms with Gasteiger partial charge in [0, 0.05) is 13.1 Å². The fraction of sp³-hybridized carbons (Fsp3) is 0.316. The predicted molar refractivity (Wildman–Crippen MR) is 90.8 cm³/mol. The molecule has 0 aromatic heterocycles. The largest absolute Gasteiger partial charge is 0.416 e. The number of nitrogens with one attached hydrogen (secondary N) is 1. The Bertz CT molecular complexity index is 774. The number of nitrogens with zero attached hydrogens (tertiary/aromatic N) is 1. The first-order valence-corrected chi connectivity index (χ1v) is 8.02. The maximum atomic E-state index is 13.5. The van der Waals surface area contributed by atoms with Crippen LogP contribution in [0.25, 0.3) is 0 Å². The van der Waals surface area contributed by atoms with Crippen LogP contribution in [0.1, 0.15) is 22.3 Å². The molecule has 3 nitrogen and oxygen atoms in total. The van der Waals surface area contributed by atoms with Crippen LogP contribution in [0.5, 0.6) is 0 Å². The first kappa shape index (κ1) is 19.9. The van der Waals surface area contributed by atoms with Crippen LogP contribution < -0.4 is 5.32 Å². The van der Waals surface area contributed by atoms with Crippen LogP contribution in [0, 0.1) is 12.7 Å². The van der Waals surface area contributed by atoms with Gasteiger partial charge in [0.05, 0.1) is 12.1 Å². The molecule has 0 unspecified atom stereocenters. The van der Waals surface area contributed by atoms with Crippen LogP contribution in [0.4, 0.5) is 17.6 Å². The Morgan fingerprint density at radius 1 is 1.15 bits per heavy atom. The Kier molecular flexibility index (Phi) is 6.37. The number of aryl methyl sites for hydroxylation is 1. The number of hydrogen-bond acceptors (Lipinski definition) is 2. The Balaban J connectivity index is 1.90. The summed E-state index contributed by atoms with van der Waals surface area (Å²) in [6.07, 6.45) is -4.44. The van der Waals surface area contributed by atoms with E-state index in [0.717, 1.165) is 6.07 Å². The van der Waals surface area contributed by atoms with Crippen molar-refractivity contribution in [2.75, 3.05) is 13.6 Å². The molecule has 0 aliphatic heterocycles. The average Bonchev–Trinajstić information content (AvgIpc) is 2.55. The molecule has 0 heterocycles. The van der Waals surface area contributed by atoms with Crippen molar-refractivity contribution in [3.8, 4) is 0 Å². The molecule has 1 N–H and O–H groups in total. The van der Waals surface area contributed by atoms with E-state index in [1.54, 1.807) is 26.1 Å². The molecule has 0 fully saturated rings. The van der Waals surface area contributed by atoms with Crippen molar-refractivity contribution in [3.05, 3.63) is 70.5 Å². The van der Waals surface area contributed by atoms with Crippen LogP contribution in [-0.4, -0.2) is 24.4 Å². The molecule has 0 saturated heterocycles. The van der Waals surface area contributed by atoms with Gasteiger partial charge in [0.1, 0.15) is 5.82 Å². The van der Waals surface area contributed by atoms with Gasteiger partial charge in [-0.05, 0) is 42.8 Å². The molecule has 2 aromatic rings. The fourth-order valence-corrected chi connectivity index (χ4v) is 2.53. The zero-order valence-electron chi connectivity index (χ0n) is 14.5. The van der Waals surface area contributed by atoms with Gasteiger partial charge in [-0.1, -0.05) is 30.3 Å². The monoisotopic (exact) mass is 368 g/mol. The van der Waals surface area contributed by atoms with Gasteiger partial charge in [-0.3, -0.25) is 9.69 Å². The standard InChI is InChI=1S/C19H20F4N2O/c1-13-7-8-14(9-17(13)20)10-24-18(26)12-25(2)11-15-5-3-4-6-16(15)19(21,22)23/h3-9H,10-12H2,1-2H3,(H,24,26). The van der Waals surface area contributed by atoms with Crippen LogP contribution >= 0.6 is 0 Å². The highest BCUT2D eigenvalue weighted by molar-refractivity contribution is 5.77. The van der Waals surface area contributed by atoms with Crippen molar-refractivity contribution in [2.45, 2.75) is 26.2 Å². The van der Waals surface area contributed by atoms with Crippen LogP contribution in [0.15, 0.2) is 42.5 Å². The molecule has 0 saturated carbocycles. The number of carbonyl (C=O) groups excluding carboxylic acids is 1. The van der Waals surface area contributed by atoms with Crippen LogP contribution in [0.2, 0.25) is 0 Å². The van der Waals surface area contributed by atoms with Gasteiger partial charge >= 0.3 is 6.18 Å². The van der Waals surface area contributed by atoms with Crippen molar-refractivity contribution in [2.24, 2.45) is 0 Å². The number of amides is 1. The minimum absolute atomic E-state index is 0.0116. The highest BCUT2D eigenvalue weighted by Gasteiger charge is 2.33. The summed E-state index contributed by atoms with van der Waals surface area (Å²) in [5.41, 5.74) is 0.535. The van der Waals surface area contributed by atoms with E-state index in [-0.39, 0.29) is 36.9 Å². The zero-order valence-corrected chi connectivity index (χ0v) is 14.5. The maximum absolute atomic E-state index is 13.5. The van der Waals surface area contributed by atoms with Crippen LogP contribution in [0.3, 0.4) is 0 Å². The second-order valence-corrected chi connectivity index (χ2v) is 6.19. The van der Waals surface area contributed by atoms with Gasteiger partial charge < -0.3 is 5.32 Å². The minimum atomic E-state index is -4.44. The lowest BCUT2D eigenvalue weighted by Crippen LogP contribution is -2.34. The van der Waals surface area contributed by atoms with Gasteiger partial charge in [-0.2, -0.15) is 13.2 Å². The molecule has 7 heteroatoms. The number of halogens is 4. The predicted octanol–water partition coefficient (Wildman–Crippen LogP) is 3.90. The van der Waals surface area contributed by atoms with Crippen molar-refractivity contribution in [1.82, 2.24) is 10.2 Å². The number of benzene rings is 2. The number of likely N-dealkylation sites (N-methyl/N-ethyl adjacent to an activating group) is 1. The molecule has 0 bridgehead atoms. The molecule has 2 rings (SSSR count). The number of alkyl halides is 3. The molecule has 0 atom stereocenters. The lowest BCUT2D eigenvalue weighted by atomic mass is 10.1. The van der Waals surface area contributed by atoms with Crippen LogP contribution in [-0.2, 0) is 24.1 Å². The molecule has 0 aliphatic rings. The third-order valence-corrected chi connectivity index (χ3v) is 3.90. The van der Waals surface area contributed by atoms with E-state index in [1.165, 1.54) is 29.2 Å². The SMILES string of the molecule is Cc1ccc(CNC(=O)CN(C)Cc2ccccc2C(F)(F)F)cc1F. The Labute approximate surface area is 149 Å².